The van der Waals surface area contributed by atoms with E-state index in [2.05, 4.69) is 5.16 Å². The SMILES string of the molecule is O=C(O/N=C(\c1ccccc1)c1cccs1)N(c1ccccc1)c1ccccc1. The molecule has 0 atom stereocenters. The lowest BCUT2D eigenvalue weighted by molar-refractivity contribution is 0.161. The van der Waals surface area contributed by atoms with Gasteiger partial charge in [-0.05, 0) is 35.7 Å². The van der Waals surface area contributed by atoms with Crippen LogP contribution in [0.5, 0.6) is 0 Å². The molecule has 0 bridgehead atoms. The molecule has 0 saturated heterocycles. The van der Waals surface area contributed by atoms with Crippen molar-refractivity contribution in [3.63, 3.8) is 0 Å². The topological polar surface area (TPSA) is 41.9 Å². The molecule has 0 aliphatic carbocycles. The van der Waals surface area contributed by atoms with Gasteiger partial charge in [-0.15, -0.1) is 11.3 Å². The van der Waals surface area contributed by atoms with Crippen LogP contribution in [0.3, 0.4) is 0 Å². The number of anilines is 2. The number of amides is 1. The minimum Gasteiger partial charge on any atom is -0.297 e. The summed E-state index contributed by atoms with van der Waals surface area (Å²) in [6.45, 7) is 0. The normalized spacial score (nSPS) is 11.1. The molecular weight excluding hydrogens is 380 g/mol. The van der Waals surface area contributed by atoms with Crippen LogP contribution >= 0.6 is 11.3 Å². The van der Waals surface area contributed by atoms with Gasteiger partial charge in [0.15, 0.2) is 0 Å². The van der Waals surface area contributed by atoms with Crippen molar-refractivity contribution in [3.8, 4) is 0 Å². The Kier molecular flexibility index (Phi) is 5.78. The van der Waals surface area contributed by atoms with Crippen molar-refractivity contribution in [1.29, 1.82) is 0 Å². The Balaban J connectivity index is 1.68. The fraction of sp³-hybridized carbons (Fsp3) is 0. The fourth-order valence-electron chi connectivity index (χ4n) is 2.89. The first-order chi connectivity index (χ1) is 14.3. The Morgan fingerprint density at radius 2 is 1.28 bits per heavy atom. The molecule has 4 nitrogen and oxygen atoms in total. The first-order valence-corrected chi connectivity index (χ1v) is 9.99. The van der Waals surface area contributed by atoms with Gasteiger partial charge < -0.3 is 0 Å². The molecule has 0 spiro atoms. The summed E-state index contributed by atoms with van der Waals surface area (Å²) in [6, 6.07) is 32.3. The lowest BCUT2D eigenvalue weighted by Gasteiger charge is -2.20. The van der Waals surface area contributed by atoms with E-state index in [4.69, 9.17) is 4.84 Å². The molecule has 0 N–H and O–H groups in total. The number of oxime groups is 1. The van der Waals surface area contributed by atoms with Crippen LogP contribution in [0, 0.1) is 0 Å². The van der Waals surface area contributed by atoms with Crippen molar-refractivity contribution in [2.45, 2.75) is 0 Å². The third-order valence-corrected chi connectivity index (χ3v) is 5.10. The maximum absolute atomic E-state index is 13.0. The molecule has 29 heavy (non-hydrogen) atoms. The van der Waals surface area contributed by atoms with Gasteiger partial charge >= 0.3 is 6.09 Å². The van der Waals surface area contributed by atoms with E-state index < -0.39 is 6.09 Å². The van der Waals surface area contributed by atoms with Crippen LogP contribution < -0.4 is 4.90 Å². The average molecular weight is 398 g/mol. The van der Waals surface area contributed by atoms with E-state index in [1.807, 2.05) is 109 Å². The number of benzene rings is 3. The van der Waals surface area contributed by atoms with Gasteiger partial charge in [0.25, 0.3) is 0 Å². The molecule has 142 valence electrons. The summed E-state index contributed by atoms with van der Waals surface area (Å²) in [5, 5.41) is 6.21. The second-order valence-corrected chi connectivity index (χ2v) is 7.09. The quantitative estimate of drug-likeness (QED) is 0.219. The van der Waals surface area contributed by atoms with Crippen molar-refractivity contribution in [2.24, 2.45) is 5.16 Å². The zero-order valence-electron chi connectivity index (χ0n) is 15.5. The third kappa shape index (κ3) is 4.42. The zero-order valence-corrected chi connectivity index (χ0v) is 16.3. The van der Waals surface area contributed by atoms with E-state index in [0.29, 0.717) is 17.1 Å². The maximum Gasteiger partial charge on any atom is 0.445 e. The summed E-state index contributed by atoms with van der Waals surface area (Å²) >= 11 is 1.54. The van der Waals surface area contributed by atoms with Crippen molar-refractivity contribution < 1.29 is 9.63 Å². The van der Waals surface area contributed by atoms with Crippen molar-refractivity contribution >= 4 is 34.5 Å². The minimum absolute atomic E-state index is 0.576. The van der Waals surface area contributed by atoms with Gasteiger partial charge in [-0.25, -0.2) is 9.69 Å². The lowest BCUT2D eigenvalue weighted by atomic mass is 10.1. The van der Waals surface area contributed by atoms with E-state index in [1.54, 1.807) is 11.3 Å². The Morgan fingerprint density at radius 3 is 1.79 bits per heavy atom. The monoisotopic (exact) mass is 398 g/mol. The van der Waals surface area contributed by atoms with Crippen LogP contribution in [0.2, 0.25) is 0 Å². The highest BCUT2D eigenvalue weighted by molar-refractivity contribution is 7.12. The minimum atomic E-state index is -0.576. The van der Waals surface area contributed by atoms with Gasteiger partial charge in [0.05, 0.1) is 16.3 Å². The molecule has 5 heteroatoms. The molecule has 0 aliphatic rings. The highest BCUT2D eigenvalue weighted by Gasteiger charge is 2.20. The fourth-order valence-corrected chi connectivity index (χ4v) is 3.62. The molecule has 0 aliphatic heterocycles. The molecule has 4 rings (SSSR count). The second-order valence-electron chi connectivity index (χ2n) is 6.15. The van der Waals surface area contributed by atoms with Crippen LogP contribution in [0.15, 0.2) is 114 Å². The molecule has 0 radical (unpaired) electrons. The number of carbonyl (C=O) groups excluding carboxylic acids is 1. The molecule has 1 amide bonds. The van der Waals surface area contributed by atoms with E-state index in [-0.39, 0.29) is 0 Å². The number of hydrogen-bond acceptors (Lipinski definition) is 4. The Labute approximate surface area is 173 Å². The highest BCUT2D eigenvalue weighted by atomic mass is 32.1. The van der Waals surface area contributed by atoms with E-state index >= 15 is 0 Å². The number of thiophene rings is 1. The van der Waals surface area contributed by atoms with Crippen molar-refractivity contribution in [1.82, 2.24) is 0 Å². The van der Waals surface area contributed by atoms with Gasteiger partial charge in [0.1, 0.15) is 5.71 Å². The summed E-state index contributed by atoms with van der Waals surface area (Å²) in [5.41, 5.74) is 2.91. The summed E-state index contributed by atoms with van der Waals surface area (Å²) < 4.78 is 0. The Bertz CT molecular complexity index is 1040. The van der Waals surface area contributed by atoms with Crippen LogP contribution in [0.25, 0.3) is 0 Å². The summed E-state index contributed by atoms with van der Waals surface area (Å²) in [6.07, 6.45) is -0.576. The molecule has 0 fully saturated rings. The van der Waals surface area contributed by atoms with Crippen molar-refractivity contribution in [3.05, 3.63) is 119 Å². The number of hydrogen-bond donors (Lipinski definition) is 0. The zero-order chi connectivity index (χ0) is 19.9. The molecule has 4 aromatic rings. The predicted molar refractivity (Wildman–Crippen MR) is 118 cm³/mol. The molecular formula is C24H18N2O2S. The van der Waals surface area contributed by atoms with Crippen LogP contribution in [-0.2, 0) is 4.84 Å². The van der Waals surface area contributed by atoms with Gasteiger partial charge in [0, 0.05) is 5.56 Å². The number of para-hydroxylation sites is 2. The second kappa shape index (κ2) is 8.99. The average Bonchev–Trinajstić information content (AvgIpc) is 3.31. The van der Waals surface area contributed by atoms with Gasteiger partial charge in [-0.1, -0.05) is 78.0 Å². The predicted octanol–water partition coefficient (Wildman–Crippen LogP) is 6.48. The van der Waals surface area contributed by atoms with E-state index in [1.165, 1.54) is 4.90 Å². The smallest absolute Gasteiger partial charge is 0.297 e. The lowest BCUT2D eigenvalue weighted by Crippen LogP contribution is -2.25. The van der Waals surface area contributed by atoms with E-state index in [9.17, 15) is 4.79 Å². The molecule has 1 heterocycles. The molecule has 0 unspecified atom stereocenters. The standard InChI is InChI=1S/C24H18N2O2S/c27-24(26(20-13-6-2-7-14-20)21-15-8-3-9-16-21)28-25-23(22-17-10-18-29-22)19-11-4-1-5-12-19/h1-18H/b25-23+. The number of rotatable bonds is 5. The summed E-state index contributed by atoms with van der Waals surface area (Å²) in [4.78, 5) is 20.9. The summed E-state index contributed by atoms with van der Waals surface area (Å²) in [7, 11) is 0. The Morgan fingerprint density at radius 1 is 0.724 bits per heavy atom. The van der Waals surface area contributed by atoms with Gasteiger partial charge in [0.2, 0.25) is 0 Å². The third-order valence-electron chi connectivity index (χ3n) is 4.23. The highest BCUT2D eigenvalue weighted by Crippen LogP contribution is 2.26. The first-order valence-electron chi connectivity index (χ1n) is 9.11. The molecule has 0 saturated carbocycles. The number of carbonyl (C=O) groups is 1. The maximum atomic E-state index is 13.0. The van der Waals surface area contributed by atoms with E-state index in [0.717, 1.165) is 10.4 Å². The van der Waals surface area contributed by atoms with Crippen LogP contribution in [-0.4, -0.2) is 11.8 Å². The Hall–Kier alpha value is -3.70. The number of nitrogens with zero attached hydrogens (tertiary/aromatic N) is 2. The van der Waals surface area contributed by atoms with Crippen molar-refractivity contribution in [2.75, 3.05) is 4.90 Å². The van der Waals surface area contributed by atoms with Crippen LogP contribution in [0.4, 0.5) is 16.2 Å². The summed E-state index contributed by atoms with van der Waals surface area (Å²) in [5.74, 6) is 0. The molecule has 1 aromatic heterocycles. The van der Waals surface area contributed by atoms with Gasteiger partial charge in [-0.3, -0.25) is 4.84 Å². The first kappa shape index (κ1) is 18.7. The molecule has 3 aromatic carbocycles. The van der Waals surface area contributed by atoms with Crippen LogP contribution in [0.1, 0.15) is 10.4 Å². The largest absolute Gasteiger partial charge is 0.445 e. The van der Waals surface area contributed by atoms with Gasteiger partial charge in [-0.2, -0.15) is 0 Å².